The lowest BCUT2D eigenvalue weighted by molar-refractivity contribution is -0.145. The zero-order chi connectivity index (χ0) is 23.7. The molecule has 32 heavy (non-hydrogen) atoms. The van der Waals surface area contributed by atoms with Gasteiger partial charge >= 0.3 is 6.09 Å². The molecule has 2 fully saturated rings. The minimum absolute atomic E-state index is 0.00163. The number of rotatable bonds is 4. The highest BCUT2D eigenvalue weighted by atomic mass is 16.7. The molecule has 3 heterocycles. The SMILES string of the molecule is CC(O)CNC(=O)C1=NOC2(CCCN(C(=O)C3CCN(C(=O)OC(C)(C)C)C3C)C2)C1. The minimum Gasteiger partial charge on any atom is -0.444 e. The first-order chi connectivity index (χ1) is 14.9. The van der Waals surface area contributed by atoms with Crippen molar-refractivity contribution in [2.75, 3.05) is 26.2 Å². The average Bonchev–Trinajstić information content (AvgIpc) is 3.28. The Hall–Kier alpha value is -2.36. The van der Waals surface area contributed by atoms with Crippen LogP contribution in [-0.4, -0.2) is 88.1 Å². The quantitative estimate of drug-likeness (QED) is 0.663. The smallest absolute Gasteiger partial charge is 0.410 e. The predicted molar refractivity (Wildman–Crippen MR) is 117 cm³/mol. The third kappa shape index (κ3) is 5.51. The first kappa shape index (κ1) is 24.3. The lowest BCUT2D eigenvalue weighted by Gasteiger charge is -2.39. The van der Waals surface area contributed by atoms with Crippen LogP contribution in [0.4, 0.5) is 4.79 Å². The number of carbonyl (C=O) groups excluding carboxylic acids is 3. The van der Waals surface area contributed by atoms with E-state index < -0.39 is 23.4 Å². The topological polar surface area (TPSA) is 121 Å². The normalized spacial score (nSPS) is 28.9. The van der Waals surface area contributed by atoms with E-state index >= 15 is 0 Å². The summed E-state index contributed by atoms with van der Waals surface area (Å²) in [6.45, 7) is 10.5. The molecule has 1 spiro atoms. The number of hydrogen-bond donors (Lipinski definition) is 2. The Morgan fingerprint density at radius 3 is 2.72 bits per heavy atom. The summed E-state index contributed by atoms with van der Waals surface area (Å²) >= 11 is 0. The van der Waals surface area contributed by atoms with Crippen molar-refractivity contribution in [3.63, 3.8) is 0 Å². The van der Waals surface area contributed by atoms with Crippen LogP contribution in [0, 0.1) is 5.92 Å². The Labute approximate surface area is 189 Å². The number of hydrogen-bond acceptors (Lipinski definition) is 7. The van der Waals surface area contributed by atoms with Crippen LogP contribution in [0.25, 0.3) is 0 Å². The van der Waals surface area contributed by atoms with Crippen molar-refractivity contribution in [2.45, 2.75) is 83.6 Å². The van der Waals surface area contributed by atoms with Crippen LogP contribution in [0.3, 0.4) is 0 Å². The molecule has 180 valence electrons. The maximum absolute atomic E-state index is 13.3. The van der Waals surface area contributed by atoms with Gasteiger partial charge in [0.15, 0.2) is 5.60 Å². The number of nitrogens with zero attached hydrogens (tertiary/aromatic N) is 3. The molecular formula is C22H36N4O6. The van der Waals surface area contributed by atoms with Crippen molar-refractivity contribution >= 4 is 23.6 Å². The van der Waals surface area contributed by atoms with Crippen LogP contribution in [0.5, 0.6) is 0 Å². The number of aliphatic hydroxyl groups excluding tert-OH is 1. The summed E-state index contributed by atoms with van der Waals surface area (Å²) in [7, 11) is 0. The molecular weight excluding hydrogens is 416 g/mol. The van der Waals surface area contributed by atoms with E-state index in [1.54, 1.807) is 16.7 Å². The van der Waals surface area contributed by atoms with E-state index in [1.165, 1.54) is 0 Å². The zero-order valence-electron chi connectivity index (χ0n) is 19.7. The maximum Gasteiger partial charge on any atom is 0.410 e. The van der Waals surface area contributed by atoms with Crippen molar-refractivity contribution in [1.29, 1.82) is 0 Å². The number of aliphatic hydroxyl groups is 1. The molecule has 10 nitrogen and oxygen atoms in total. The highest BCUT2D eigenvalue weighted by Gasteiger charge is 2.48. The van der Waals surface area contributed by atoms with E-state index in [4.69, 9.17) is 9.57 Å². The van der Waals surface area contributed by atoms with Crippen molar-refractivity contribution < 1.29 is 29.1 Å². The van der Waals surface area contributed by atoms with Crippen molar-refractivity contribution in [2.24, 2.45) is 11.1 Å². The number of amides is 3. The second-order valence-corrected chi connectivity index (χ2v) is 10.2. The molecule has 0 aromatic rings. The van der Waals surface area contributed by atoms with Gasteiger partial charge < -0.3 is 29.8 Å². The molecule has 0 bridgehead atoms. The molecule has 0 aliphatic carbocycles. The summed E-state index contributed by atoms with van der Waals surface area (Å²) in [4.78, 5) is 47.2. The number of piperidine rings is 1. The lowest BCUT2D eigenvalue weighted by atomic mass is 9.87. The fourth-order valence-corrected chi connectivity index (χ4v) is 4.57. The van der Waals surface area contributed by atoms with Crippen LogP contribution < -0.4 is 5.32 Å². The molecule has 2 saturated heterocycles. The average molecular weight is 453 g/mol. The molecule has 0 aromatic heterocycles. The first-order valence-electron chi connectivity index (χ1n) is 11.4. The van der Waals surface area contributed by atoms with Crippen LogP contribution >= 0.6 is 0 Å². The third-order valence-corrected chi connectivity index (χ3v) is 6.21. The van der Waals surface area contributed by atoms with Crippen LogP contribution in [0.15, 0.2) is 5.16 Å². The maximum atomic E-state index is 13.3. The number of ether oxygens (including phenoxy) is 1. The van der Waals surface area contributed by atoms with Gasteiger partial charge in [-0.2, -0.15) is 0 Å². The second-order valence-electron chi connectivity index (χ2n) is 10.2. The second kappa shape index (κ2) is 9.25. The van der Waals surface area contributed by atoms with E-state index in [0.29, 0.717) is 38.9 Å². The van der Waals surface area contributed by atoms with Gasteiger partial charge in [0.25, 0.3) is 5.91 Å². The zero-order valence-corrected chi connectivity index (χ0v) is 19.7. The van der Waals surface area contributed by atoms with Gasteiger partial charge in [-0.15, -0.1) is 0 Å². The molecule has 0 saturated carbocycles. The molecule has 4 atom stereocenters. The van der Waals surface area contributed by atoms with Crippen molar-refractivity contribution in [1.82, 2.24) is 15.1 Å². The third-order valence-electron chi connectivity index (χ3n) is 6.21. The van der Waals surface area contributed by atoms with Gasteiger partial charge in [-0.1, -0.05) is 5.16 Å². The van der Waals surface area contributed by atoms with Gasteiger partial charge in [-0.25, -0.2) is 4.79 Å². The fourth-order valence-electron chi connectivity index (χ4n) is 4.57. The van der Waals surface area contributed by atoms with Gasteiger partial charge in [0, 0.05) is 32.1 Å². The van der Waals surface area contributed by atoms with Gasteiger partial charge in [-0.3, -0.25) is 9.59 Å². The highest BCUT2D eigenvalue weighted by Crippen LogP contribution is 2.35. The van der Waals surface area contributed by atoms with E-state index in [9.17, 15) is 19.5 Å². The molecule has 3 aliphatic rings. The van der Waals surface area contributed by atoms with E-state index in [0.717, 1.165) is 6.42 Å². The number of oxime groups is 1. The Morgan fingerprint density at radius 2 is 2.06 bits per heavy atom. The Balaban J connectivity index is 1.58. The lowest BCUT2D eigenvalue weighted by Crippen LogP contribution is -2.53. The highest BCUT2D eigenvalue weighted by molar-refractivity contribution is 6.39. The Kier molecular flexibility index (Phi) is 7.02. The molecule has 0 aromatic carbocycles. The van der Waals surface area contributed by atoms with Gasteiger partial charge in [-0.05, 0) is 53.9 Å². The standard InChI is InChI=1S/C22H36N4O6/c1-14(27)12-23-18(28)17-11-22(32-24-17)8-6-9-25(13-22)19(29)16-7-10-26(15(16)2)20(30)31-21(3,4)5/h14-16,27H,6-13H2,1-5H3,(H,23,28). The summed E-state index contributed by atoms with van der Waals surface area (Å²) in [5, 5.41) is 16.0. The van der Waals surface area contributed by atoms with Gasteiger partial charge in [0.05, 0.1) is 18.6 Å². The van der Waals surface area contributed by atoms with Gasteiger partial charge in [0.1, 0.15) is 11.3 Å². The summed E-state index contributed by atoms with van der Waals surface area (Å²) in [6.07, 6.45) is 1.33. The monoisotopic (exact) mass is 452 g/mol. The summed E-state index contributed by atoms with van der Waals surface area (Å²) in [5.74, 6) is -0.657. The van der Waals surface area contributed by atoms with Crippen LogP contribution in [0.1, 0.15) is 60.3 Å². The Bertz CT molecular complexity index is 777. The fraction of sp³-hybridized carbons (Fsp3) is 0.818. The minimum atomic E-state index is -0.696. The molecule has 2 N–H and O–H groups in total. The largest absolute Gasteiger partial charge is 0.444 e. The van der Waals surface area contributed by atoms with E-state index in [1.807, 2.05) is 27.7 Å². The summed E-state index contributed by atoms with van der Waals surface area (Å²) in [6, 6.07) is -0.252. The number of carbonyl (C=O) groups is 3. The van der Waals surface area contributed by atoms with Gasteiger partial charge in [0.2, 0.25) is 5.91 Å². The van der Waals surface area contributed by atoms with Crippen LogP contribution in [-0.2, 0) is 19.2 Å². The van der Waals surface area contributed by atoms with E-state index in [-0.39, 0.29) is 36.0 Å². The predicted octanol–water partition coefficient (Wildman–Crippen LogP) is 1.27. The number of likely N-dealkylation sites (tertiary alicyclic amines) is 2. The molecule has 3 amide bonds. The molecule has 4 unspecified atom stereocenters. The molecule has 3 aliphatic heterocycles. The molecule has 0 radical (unpaired) electrons. The number of nitrogens with one attached hydrogen (secondary N) is 1. The summed E-state index contributed by atoms with van der Waals surface area (Å²) < 4.78 is 5.48. The van der Waals surface area contributed by atoms with Crippen LogP contribution in [0.2, 0.25) is 0 Å². The summed E-state index contributed by atoms with van der Waals surface area (Å²) in [5.41, 5.74) is -1.000. The Morgan fingerprint density at radius 1 is 1.34 bits per heavy atom. The van der Waals surface area contributed by atoms with Crippen molar-refractivity contribution in [3.05, 3.63) is 0 Å². The molecule has 3 rings (SSSR count). The van der Waals surface area contributed by atoms with E-state index in [2.05, 4.69) is 10.5 Å². The molecule has 10 heteroatoms. The van der Waals surface area contributed by atoms with Crippen molar-refractivity contribution in [3.8, 4) is 0 Å². The first-order valence-corrected chi connectivity index (χ1v) is 11.4.